The first-order chi connectivity index (χ1) is 9.24. The molecule has 0 aromatic carbocycles. The topological polar surface area (TPSA) is 49.8 Å². The molecule has 19 heavy (non-hydrogen) atoms. The fourth-order valence-corrected chi connectivity index (χ4v) is 3.26. The second-order valence-electron chi connectivity index (χ2n) is 4.58. The Balaban J connectivity index is 1.74. The van der Waals surface area contributed by atoms with Crippen LogP contribution >= 0.6 is 27.3 Å². The Morgan fingerprint density at radius 1 is 1.32 bits per heavy atom. The van der Waals surface area contributed by atoms with Crippen LogP contribution in [0, 0.1) is 0 Å². The summed E-state index contributed by atoms with van der Waals surface area (Å²) in [5, 5.41) is 6.47. The summed E-state index contributed by atoms with van der Waals surface area (Å²) in [4.78, 5) is 10.4. The molecule has 1 aliphatic rings. The number of rotatable bonds is 5. The zero-order valence-electron chi connectivity index (χ0n) is 10.6. The lowest BCUT2D eigenvalue weighted by Gasteiger charge is -2.08. The molecular formula is C13H15BrN4S. The summed E-state index contributed by atoms with van der Waals surface area (Å²) in [5.41, 5.74) is 0. The molecule has 0 spiro atoms. The van der Waals surface area contributed by atoms with Crippen LogP contribution in [0.2, 0.25) is 0 Å². The number of anilines is 2. The minimum atomic E-state index is 0.560. The van der Waals surface area contributed by atoms with Gasteiger partial charge in [0.1, 0.15) is 17.5 Å². The van der Waals surface area contributed by atoms with Crippen molar-refractivity contribution in [2.24, 2.45) is 0 Å². The highest BCUT2D eigenvalue weighted by molar-refractivity contribution is 9.11. The quantitative estimate of drug-likeness (QED) is 0.869. The lowest BCUT2D eigenvalue weighted by molar-refractivity contribution is 0.924. The third-order valence-corrected chi connectivity index (χ3v) is 4.64. The van der Waals surface area contributed by atoms with Gasteiger partial charge in [0.2, 0.25) is 0 Å². The van der Waals surface area contributed by atoms with Crippen molar-refractivity contribution >= 4 is 38.9 Å². The van der Waals surface area contributed by atoms with Crippen LogP contribution in [-0.2, 0) is 6.54 Å². The summed E-state index contributed by atoms with van der Waals surface area (Å²) in [6, 6.07) is 6.13. The highest BCUT2D eigenvalue weighted by Crippen LogP contribution is 2.38. The number of hydrogen-bond acceptors (Lipinski definition) is 5. The van der Waals surface area contributed by atoms with Crippen molar-refractivity contribution < 1.29 is 0 Å². The lowest BCUT2D eigenvalue weighted by Crippen LogP contribution is -2.05. The first-order valence-electron chi connectivity index (χ1n) is 6.29. The van der Waals surface area contributed by atoms with Crippen molar-refractivity contribution in [3.63, 3.8) is 0 Å². The Hall–Kier alpha value is -1.14. The predicted molar refractivity (Wildman–Crippen MR) is 82.9 cm³/mol. The fourth-order valence-electron chi connectivity index (χ4n) is 1.83. The van der Waals surface area contributed by atoms with Gasteiger partial charge in [-0.2, -0.15) is 0 Å². The van der Waals surface area contributed by atoms with Crippen LogP contribution in [0.4, 0.5) is 11.6 Å². The van der Waals surface area contributed by atoms with Gasteiger partial charge in [-0.05, 0) is 40.9 Å². The van der Waals surface area contributed by atoms with Crippen LogP contribution in [-0.4, -0.2) is 17.0 Å². The van der Waals surface area contributed by atoms with Gasteiger partial charge in [-0.3, -0.25) is 0 Å². The number of nitrogens with one attached hydrogen (secondary N) is 2. The van der Waals surface area contributed by atoms with Crippen LogP contribution < -0.4 is 10.6 Å². The van der Waals surface area contributed by atoms with E-state index in [4.69, 9.17) is 0 Å². The summed E-state index contributed by atoms with van der Waals surface area (Å²) in [6.45, 7) is 0.792. The molecule has 2 heterocycles. The Labute approximate surface area is 124 Å². The molecule has 0 unspecified atom stereocenters. The van der Waals surface area contributed by atoms with E-state index >= 15 is 0 Å². The summed E-state index contributed by atoms with van der Waals surface area (Å²) in [5.74, 6) is 3.30. The van der Waals surface area contributed by atoms with Crippen molar-refractivity contribution in [1.29, 1.82) is 0 Å². The summed E-state index contributed by atoms with van der Waals surface area (Å²) in [6.07, 6.45) is 2.43. The third-order valence-electron chi connectivity index (χ3n) is 3.01. The van der Waals surface area contributed by atoms with E-state index in [0.29, 0.717) is 5.92 Å². The minimum absolute atomic E-state index is 0.560. The van der Waals surface area contributed by atoms with Crippen molar-refractivity contribution in [3.05, 3.63) is 32.7 Å². The summed E-state index contributed by atoms with van der Waals surface area (Å²) < 4.78 is 1.15. The summed E-state index contributed by atoms with van der Waals surface area (Å²) >= 11 is 5.21. The first kappa shape index (κ1) is 12.9. The highest BCUT2D eigenvalue weighted by atomic mass is 79.9. The first-order valence-corrected chi connectivity index (χ1v) is 7.90. The Kier molecular flexibility index (Phi) is 3.70. The second kappa shape index (κ2) is 5.46. The van der Waals surface area contributed by atoms with Crippen LogP contribution in [0.15, 0.2) is 22.0 Å². The third kappa shape index (κ3) is 3.25. The van der Waals surface area contributed by atoms with Gasteiger partial charge in [-0.25, -0.2) is 9.97 Å². The zero-order chi connectivity index (χ0) is 13.2. The molecule has 1 saturated carbocycles. The number of halogens is 1. The molecule has 1 aliphatic carbocycles. The maximum atomic E-state index is 4.60. The van der Waals surface area contributed by atoms with Crippen molar-refractivity contribution in [2.45, 2.75) is 25.3 Å². The minimum Gasteiger partial charge on any atom is -0.373 e. The van der Waals surface area contributed by atoms with Gasteiger partial charge in [0.25, 0.3) is 0 Å². The highest BCUT2D eigenvalue weighted by Gasteiger charge is 2.27. The van der Waals surface area contributed by atoms with E-state index in [1.165, 1.54) is 17.7 Å². The molecule has 100 valence electrons. The largest absolute Gasteiger partial charge is 0.373 e. The molecule has 2 aromatic heterocycles. The molecule has 2 aromatic rings. The van der Waals surface area contributed by atoms with Crippen molar-refractivity contribution in [3.8, 4) is 0 Å². The number of thiophene rings is 1. The van der Waals surface area contributed by atoms with Gasteiger partial charge in [-0.15, -0.1) is 11.3 Å². The number of nitrogens with zero attached hydrogens (tertiary/aromatic N) is 2. The van der Waals surface area contributed by atoms with Crippen LogP contribution in [0.25, 0.3) is 0 Å². The Morgan fingerprint density at radius 2 is 2.11 bits per heavy atom. The van der Waals surface area contributed by atoms with Crippen molar-refractivity contribution in [2.75, 3.05) is 17.7 Å². The molecule has 0 aliphatic heterocycles. The smallest absolute Gasteiger partial charge is 0.136 e. The van der Waals surface area contributed by atoms with Gasteiger partial charge in [0.15, 0.2) is 0 Å². The number of aromatic nitrogens is 2. The monoisotopic (exact) mass is 338 g/mol. The Morgan fingerprint density at radius 3 is 2.74 bits per heavy atom. The van der Waals surface area contributed by atoms with Crippen LogP contribution in [0.3, 0.4) is 0 Å². The van der Waals surface area contributed by atoms with Gasteiger partial charge >= 0.3 is 0 Å². The maximum Gasteiger partial charge on any atom is 0.136 e. The molecule has 6 heteroatoms. The molecule has 2 N–H and O–H groups in total. The fraction of sp³-hybridized carbons (Fsp3) is 0.385. The average Bonchev–Trinajstić information content (AvgIpc) is 3.19. The van der Waals surface area contributed by atoms with E-state index in [1.54, 1.807) is 11.3 Å². The van der Waals surface area contributed by atoms with Gasteiger partial charge < -0.3 is 10.6 Å². The number of hydrogen-bond donors (Lipinski definition) is 2. The van der Waals surface area contributed by atoms with E-state index in [2.05, 4.69) is 48.7 Å². The molecular weight excluding hydrogens is 324 g/mol. The van der Waals surface area contributed by atoms with Gasteiger partial charge in [-0.1, -0.05) is 0 Å². The Bertz CT molecular complexity index is 580. The van der Waals surface area contributed by atoms with Gasteiger partial charge in [0, 0.05) is 23.9 Å². The normalized spacial score (nSPS) is 14.4. The molecule has 0 atom stereocenters. The van der Waals surface area contributed by atoms with E-state index in [0.717, 1.165) is 27.8 Å². The SMILES string of the molecule is CNc1cc(NCc2ccc(Br)s2)nc(C2CC2)n1. The zero-order valence-corrected chi connectivity index (χ0v) is 13.0. The van der Waals surface area contributed by atoms with Crippen molar-refractivity contribution in [1.82, 2.24) is 9.97 Å². The molecule has 3 rings (SSSR count). The van der Waals surface area contributed by atoms with E-state index in [1.807, 2.05) is 13.1 Å². The van der Waals surface area contributed by atoms with Crippen LogP contribution in [0.5, 0.6) is 0 Å². The molecule has 4 nitrogen and oxygen atoms in total. The van der Waals surface area contributed by atoms with E-state index in [-0.39, 0.29) is 0 Å². The molecule has 0 saturated heterocycles. The molecule has 0 radical (unpaired) electrons. The average molecular weight is 339 g/mol. The van der Waals surface area contributed by atoms with E-state index < -0.39 is 0 Å². The van der Waals surface area contributed by atoms with Crippen LogP contribution in [0.1, 0.15) is 29.5 Å². The summed E-state index contributed by atoms with van der Waals surface area (Å²) in [7, 11) is 1.89. The predicted octanol–water partition coefficient (Wildman–Crippen LogP) is 3.83. The second-order valence-corrected chi connectivity index (χ2v) is 7.13. The molecule has 0 bridgehead atoms. The lowest BCUT2D eigenvalue weighted by atomic mass is 10.3. The molecule has 1 fully saturated rings. The maximum absolute atomic E-state index is 4.60. The van der Waals surface area contributed by atoms with E-state index in [9.17, 15) is 0 Å². The van der Waals surface area contributed by atoms with Gasteiger partial charge in [0.05, 0.1) is 10.3 Å². The molecule has 0 amide bonds. The standard InChI is InChI=1S/C13H15BrN4S/c1-15-11-6-12(18-13(17-11)8-2-3-8)16-7-9-4-5-10(14)19-9/h4-6,8H,2-3,7H2,1H3,(H2,15,16,17,18).